The highest BCUT2D eigenvalue weighted by atomic mass is 35.5. The van der Waals surface area contributed by atoms with Gasteiger partial charge >= 0.3 is 0 Å². The Kier molecular flexibility index (Phi) is 6.05. The Morgan fingerprint density at radius 1 is 1.40 bits per heavy atom. The first-order valence-corrected chi connectivity index (χ1v) is 7.81. The lowest BCUT2D eigenvalue weighted by Crippen LogP contribution is -2.52. The molecule has 0 amide bonds. The summed E-state index contributed by atoms with van der Waals surface area (Å²) in [6.45, 7) is 11.8. The van der Waals surface area contributed by atoms with Crippen molar-refractivity contribution < 1.29 is 0 Å². The number of nitrogens with one attached hydrogen (secondary N) is 1. The van der Waals surface area contributed by atoms with Gasteiger partial charge in [-0.3, -0.25) is 4.68 Å². The molecule has 0 bridgehead atoms. The van der Waals surface area contributed by atoms with Gasteiger partial charge in [-0.15, -0.1) is 0 Å². The van der Waals surface area contributed by atoms with Gasteiger partial charge in [-0.2, -0.15) is 5.10 Å². The molecule has 20 heavy (non-hydrogen) atoms. The summed E-state index contributed by atoms with van der Waals surface area (Å²) in [5, 5.41) is 8.80. The highest BCUT2D eigenvalue weighted by Gasteiger charge is 2.38. The zero-order valence-corrected chi connectivity index (χ0v) is 14.6. The molecule has 0 aliphatic rings. The Morgan fingerprint density at radius 3 is 2.40 bits per heavy atom. The van der Waals surface area contributed by atoms with Crippen molar-refractivity contribution in [2.45, 2.75) is 58.7 Å². The van der Waals surface area contributed by atoms with Gasteiger partial charge in [0.15, 0.2) is 0 Å². The molecule has 0 spiro atoms. The smallest absolute Gasteiger partial charge is 0.0835 e. The van der Waals surface area contributed by atoms with E-state index >= 15 is 0 Å². The highest BCUT2D eigenvalue weighted by Crippen LogP contribution is 2.37. The molecule has 0 fully saturated rings. The van der Waals surface area contributed by atoms with Gasteiger partial charge in [-0.25, -0.2) is 0 Å². The Bertz CT molecular complexity index is 428. The van der Waals surface area contributed by atoms with Crippen molar-refractivity contribution in [2.24, 2.45) is 0 Å². The molecule has 0 saturated heterocycles. The molecule has 2 unspecified atom stereocenters. The first-order valence-electron chi connectivity index (χ1n) is 7.43. The van der Waals surface area contributed by atoms with Gasteiger partial charge in [-0.05, 0) is 47.8 Å². The molecule has 1 aromatic rings. The Morgan fingerprint density at radius 2 is 2.00 bits per heavy atom. The highest BCUT2D eigenvalue weighted by molar-refractivity contribution is 6.31. The van der Waals surface area contributed by atoms with Crippen LogP contribution in [-0.4, -0.2) is 40.9 Å². The zero-order chi connectivity index (χ0) is 15.5. The van der Waals surface area contributed by atoms with Crippen LogP contribution in [0.1, 0.15) is 58.8 Å². The molecule has 0 saturated carbocycles. The zero-order valence-electron chi connectivity index (χ0n) is 13.9. The number of likely N-dealkylation sites (N-methyl/N-ethyl adjacent to an activating group) is 2. The van der Waals surface area contributed by atoms with Crippen LogP contribution in [-0.2, 0) is 0 Å². The van der Waals surface area contributed by atoms with E-state index in [9.17, 15) is 0 Å². The topological polar surface area (TPSA) is 33.1 Å². The fourth-order valence-electron chi connectivity index (χ4n) is 2.63. The van der Waals surface area contributed by atoms with Crippen LogP contribution < -0.4 is 5.32 Å². The van der Waals surface area contributed by atoms with Gasteiger partial charge in [0.25, 0.3) is 0 Å². The van der Waals surface area contributed by atoms with Crippen molar-refractivity contribution in [3.63, 3.8) is 0 Å². The van der Waals surface area contributed by atoms with Crippen molar-refractivity contribution in [1.82, 2.24) is 20.0 Å². The fourth-order valence-corrected chi connectivity index (χ4v) is 2.87. The van der Waals surface area contributed by atoms with Crippen LogP contribution >= 0.6 is 11.6 Å². The van der Waals surface area contributed by atoms with Gasteiger partial charge in [-0.1, -0.05) is 25.4 Å². The minimum absolute atomic E-state index is 0.0215. The maximum atomic E-state index is 6.45. The maximum absolute atomic E-state index is 6.45. The van der Waals surface area contributed by atoms with Crippen LogP contribution in [0.25, 0.3) is 0 Å². The minimum Gasteiger partial charge on any atom is -0.307 e. The quantitative estimate of drug-likeness (QED) is 0.836. The second kappa shape index (κ2) is 6.92. The van der Waals surface area contributed by atoms with Crippen LogP contribution in [0.4, 0.5) is 0 Å². The van der Waals surface area contributed by atoms with E-state index in [0.717, 1.165) is 23.7 Å². The van der Waals surface area contributed by atoms with E-state index in [4.69, 9.17) is 11.6 Å². The summed E-state index contributed by atoms with van der Waals surface area (Å²) in [7, 11) is 4.25. The number of rotatable bonds is 7. The lowest BCUT2D eigenvalue weighted by atomic mass is 9.85. The van der Waals surface area contributed by atoms with E-state index in [1.54, 1.807) is 6.20 Å². The van der Waals surface area contributed by atoms with Crippen molar-refractivity contribution in [3.8, 4) is 0 Å². The molecule has 1 heterocycles. The van der Waals surface area contributed by atoms with Crippen LogP contribution in [0.15, 0.2) is 6.20 Å². The van der Waals surface area contributed by atoms with Crippen molar-refractivity contribution in [1.29, 1.82) is 0 Å². The van der Waals surface area contributed by atoms with E-state index in [1.165, 1.54) is 0 Å². The largest absolute Gasteiger partial charge is 0.307 e. The second-order valence-corrected chi connectivity index (χ2v) is 6.42. The van der Waals surface area contributed by atoms with Crippen LogP contribution in [0.3, 0.4) is 0 Å². The van der Waals surface area contributed by atoms with Crippen molar-refractivity contribution >= 4 is 11.6 Å². The molecule has 5 heteroatoms. The van der Waals surface area contributed by atoms with Gasteiger partial charge in [0.2, 0.25) is 0 Å². The Balaban J connectivity index is 3.37. The maximum Gasteiger partial charge on any atom is 0.0835 e. The molecule has 4 nitrogen and oxygen atoms in total. The molecule has 0 aromatic carbocycles. The normalized spacial score (nSPS) is 16.7. The third-order valence-electron chi connectivity index (χ3n) is 4.32. The lowest BCUT2D eigenvalue weighted by molar-refractivity contribution is 0.108. The standard InChI is InChI=1S/C15H29ClN4/c1-8-15(5,19(6)7)14(17-9-2)13-12(16)10-18-20(13)11(3)4/h10-11,14,17H,8-9H2,1-7H3. The van der Waals surface area contributed by atoms with E-state index in [-0.39, 0.29) is 11.6 Å². The average Bonchev–Trinajstić information content (AvgIpc) is 2.76. The molecular weight excluding hydrogens is 272 g/mol. The summed E-state index contributed by atoms with van der Waals surface area (Å²) >= 11 is 6.45. The number of hydrogen-bond donors (Lipinski definition) is 1. The predicted octanol–water partition coefficient (Wildman–Crippen LogP) is 3.50. The Labute approximate surface area is 128 Å². The number of nitrogens with zero attached hydrogens (tertiary/aromatic N) is 3. The van der Waals surface area contributed by atoms with E-state index in [1.807, 2.05) is 4.68 Å². The van der Waals surface area contributed by atoms with Crippen LogP contribution in [0.5, 0.6) is 0 Å². The molecule has 116 valence electrons. The summed E-state index contributed by atoms with van der Waals surface area (Å²) in [6, 6.07) is 0.437. The van der Waals surface area contributed by atoms with Crippen LogP contribution in [0, 0.1) is 0 Å². The Hall–Kier alpha value is -0.580. The van der Waals surface area contributed by atoms with Gasteiger partial charge < -0.3 is 10.2 Å². The SMILES string of the molecule is CCNC(c1c(Cl)cnn1C(C)C)C(C)(CC)N(C)C. The molecule has 0 aliphatic carbocycles. The van der Waals surface area contributed by atoms with E-state index < -0.39 is 0 Å². The van der Waals surface area contributed by atoms with Gasteiger partial charge in [0, 0.05) is 11.6 Å². The number of hydrogen-bond acceptors (Lipinski definition) is 3. The predicted molar refractivity (Wildman–Crippen MR) is 86.4 cm³/mol. The molecule has 0 radical (unpaired) electrons. The van der Waals surface area contributed by atoms with E-state index in [0.29, 0.717) is 6.04 Å². The summed E-state index contributed by atoms with van der Waals surface area (Å²) in [5.74, 6) is 0. The second-order valence-electron chi connectivity index (χ2n) is 6.01. The van der Waals surface area contributed by atoms with Crippen molar-refractivity contribution in [2.75, 3.05) is 20.6 Å². The minimum atomic E-state index is -0.0215. The van der Waals surface area contributed by atoms with Gasteiger partial charge in [0.1, 0.15) is 0 Å². The summed E-state index contributed by atoms with van der Waals surface area (Å²) in [4.78, 5) is 2.27. The third kappa shape index (κ3) is 3.18. The molecular formula is C15H29ClN4. The van der Waals surface area contributed by atoms with Crippen molar-refractivity contribution in [3.05, 3.63) is 16.9 Å². The first-order chi connectivity index (χ1) is 9.29. The number of halogens is 1. The molecule has 1 rings (SSSR count). The monoisotopic (exact) mass is 300 g/mol. The number of aromatic nitrogens is 2. The summed E-state index contributed by atoms with van der Waals surface area (Å²) in [5.41, 5.74) is 1.06. The van der Waals surface area contributed by atoms with E-state index in [2.05, 4.69) is 64.0 Å². The average molecular weight is 301 g/mol. The van der Waals surface area contributed by atoms with Crippen LogP contribution in [0.2, 0.25) is 5.02 Å². The molecule has 0 aliphatic heterocycles. The lowest BCUT2D eigenvalue weighted by Gasteiger charge is -2.43. The fraction of sp³-hybridized carbons (Fsp3) is 0.800. The first kappa shape index (κ1) is 17.5. The summed E-state index contributed by atoms with van der Waals surface area (Å²) < 4.78 is 2.03. The summed E-state index contributed by atoms with van der Waals surface area (Å²) in [6.07, 6.45) is 2.78. The molecule has 1 N–H and O–H groups in total. The third-order valence-corrected chi connectivity index (χ3v) is 4.61. The van der Waals surface area contributed by atoms with Gasteiger partial charge in [0.05, 0.1) is 23.0 Å². The molecule has 1 aromatic heterocycles. The molecule has 2 atom stereocenters.